The van der Waals surface area contributed by atoms with Crippen molar-refractivity contribution in [3.8, 4) is 11.1 Å². The molecule has 0 bridgehead atoms. The Morgan fingerprint density at radius 1 is 0.920 bits per heavy atom. The number of carbonyl (C=O) groups is 1. The van der Waals surface area contributed by atoms with Gasteiger partial charge in [0.2, 0.25) is 5.91 Å². The molecule has 0 saturated carbocycles. The van der Waals surface area contributed by atoms with Gasteiger partial charge in [0.15, 0.2) is 0 Å². The molecule has 3 aromatic rings. The molecule has 2 aromatic carbocycles. The molecule has 1 aromatic heterocycles. The van der Waals surface area contributed by atoms with Crippen LogP contribution in [-0.4, -0.2) is 22.4 Å². The fourth-order valence-electron chi connectivity index (χ4n) is 3.54. The third-order valence-corrected chi connectivity index (χ3v) is 4.79. The van der Waals surface area contributed by atoms with Crippen LogP contribution in [0.3, 0.4) is 0 Å². The minimum Gasteiger partial charge on any atom is -0.333 e. The first kappa shape index (κ1) is 15.4. The lowest BCUT2D eigenvalue weighted by atomic mass is 10.0. The zero-order chi connectivity index (χ0) is 17.4. The highest BCUT2D eigenvalue weighted by Gasteiger charge is 2.33. The molecule has 0 spiro atoms. The Morgan fingerprint density at radius 3 is 2.08 bits per heavy atom. The minimum absolute atomic E-state index is 0.0387. The second-order valence-electron chi connectivity index (χ2n) is 6.25. The smallest absolute Gasteiger partial charge is 0.250 e. The van der Waals surface area contributed by atoms with Crippen LogP contribution in [0.5, 0.6) is 0 Å². The van der Waals surface area contributed by atoms with Crippen molar-refractivity contribution in [2.75, 3.05) is 7.05 Å². The molecule has 0 radical (unpaired) electrons. The third kappa shape index (κ3) is 2.56. The fourth-order valence-corrected chi connectivity index (χ4v) is 3.54. The Kier molecular flexibility index (Phi) is 3.73. The number of hydrogen-bond donors (Lipinski definition) is 0. The summed E-state index contributed by atoms with van der Waals surface area (Å²) in [6.07, 6.45) is 1.64. The second kappa shape index (κ2) is 6.06. The van der Waals surface area contributed by atoms with E-state index in [4.69, 9.17) is 0 Å². The van der Waals surface area contributed by atoms with Gasteiger partial charge in [-0.3, -0.25) is 9.59 Å². The van der Waals surface area contributed by atoms with Crippen LogP contribution < -0.4 is 5.56 Å². The van der Waals surface area contributed by atoms with E-state index in [1.54, 1.807) is 30.3 Å². The van der Waals surface area contributed by atoms with Crippen LogP contribution in [0.1, 0.15) is 17.2 Å². The summed E-state index contributed by atoms with van der Waals surface area (Å²) in [6.45, 7) is 0.0387. The zero-order valence-electron chi connectivity index (χ0n) is 13.9. The SMILES string of the molecule is CN(C(=O)Cn1ccccc1=O)C1c2ccccc2-c2ccccc21. The van der Waals surface area contributed by atoms with Crippen molar-refractivity contribution < 1.29 is 4.79 Å². The summed E-state index contributed by atoms with van der Waals surface area (Å²) in [5, 5.41) is 0. The molecule has 0 unspecified atom stereocenters. The topological polar surface area (TPSA) is 42.3 Å². The molecule has 0 aliphatic heterocycles. The summed E-state index contributed by atoms with van der Waals surface area (Å²) >= 11 is 0. The van der Waals surface area contributed by atoms with E-state index in [0.29, 0.717) is 0 Å². The Hall–Kier alpha value is -3.14. The van der Waals surface area contributed by atoms with E-state index in [2.05, 4.69) is 24.3 Å². The van der Waals surface area contributed by atoms with Gasteiger partial charge < -0.3 is 9.47 Å². The molecular formula is C21H18N2O2. The molecule has 124 valence electrons. The summed E-state index contributed by atoms with van der Waals surface area (Å²) in [7, 11) is 1.81. The van der Waals surface area contributed by atoms with Gasteiger partial charge in [-0.15, -0.1) is 0 Å². The van der Waals surface area contributed by atoms with Crippen LogP contribution in [0.15, 0.2) is 77.7 Å². The van der Waals surface area contributed by atoms with Crippen LogP contribution in [0.4, 0.5) is 0 Å². The molecule has 1 heterocycles. The number of carbonyl (C=O) groups excluding carboxylic acids is 1. The summed E-state index contributed by atoms with van der Waals surface area (Å²) in [4.78, 5) is 26.5. The average Bonchev–Trinajstić information content (AvgIpc) is 2.97. The van der Waals surface area contributed by atoms with Gasteiger partial charge in [0, 0.05) is 19.3 Å². The number of pyridine rings is 1. The highest BCUT2D eigenvalue weighted by Crippen LogP contribution is 2.45. The van der Waals surface area contributed by atoms with Gasteiger partial charge in [-0.1, -0.05) is 54.6 Å². The molecule has 1 aliphatic carbocycles. The Morgan fingerprint density at radius 2 is 1.48 bits per heavy atom. The monoisotopic (exact) mass is 330 g/mol. The van der Waals surface area contributed by atoms with Crippen molar-refractivity contribution in [3.63, 3.8) is 0 Å². The van der Waals surface area contributed by atoms with Crippen LogP contribution in [-0.2, 0) is 11.3 Å². The van der Waals surface area contributed by atoms with E-state index in [0.717, 1.165) is 11.1 Å². The Balaban J connectivity index is 1.70. The van der Waals surface area contributed by atoms with Gasteiger partial charge in [0.1, 0.15) is 6.54 Å². The Labute approximate surface area is 146 Å². The van der Waals surface area contributed by atoms with Crippen LogP contribution in [0.2, 0.25) is 0 Å². The summed E-state index contributed by atoms with van der Waals surface area (Å²) in [5.41, 5.74) is 4.41. The molecule has 0 saturated heterocycles. The maximum Gasteiger partial charge on any atom is 0.250 e. The second-order valence-corrected chi connectivity index (χ2v) is 6.25. The van der Waals surface area contributed by atoms with E-state index in [1.165, 1.54) is 21.8 Å². The van der Waals surface area contributed by atoms with Gasteiger partial charge in [-0.2, -0.15) is 0 Å². The normalized spacial score (nSPS) is 12.5. The Bertz CT molecular complexity index is 961. The quantitative estimate of drug-likeness (QED) is 0.741. The molecule has 0 atom stereocenters. The largest absolute Gasteiger partial charge is 0.333 e. The van der Waals surface area contributed by atoms with E-state index in [1.807, 2.05) is 24.3 Å². The average molecular weight is 330 g/mol. The van der Waals surface area contributed by atoms with Crippen molar-refractivity contribution in [1.82, 2.24) is 9.47 Å². The number of rotatable bonds is 3. The lowest BCUT2D eigenvalue weighted by molar-refractivity contribution is -0.132. The van der Waals surface area contributed by atoms with Crippen molar-refractivity contribution in [3.05, 3.63) is 94.4 Å². The van der Waals surface area contributed by atoms with Gasteiger partial charge >= 0.3 is 0 Å². The number of benzene rings is 2. The maximum absolute atomic E-state index is 12.8. The zero-order valence-corrected chi connectivity index (χ0v) is 13.9. The van der Waals surface area contributed by atoms with E-state index >= 15 is 0 Å². The molecular weight excluding hydrogens is 312 g/mol. The van der Waals surface area contributed by atoms with E-state index < -0.39 is 0 Å². The standard InChI is InChI=1S/C21H18N2O2/c1-22(20(25)14-23-13-7-6-12-19(23)24)21-17-10-4-2-8-15(17)16-9-3-5-11-18(16)21/h2-13,21H,14H2,1H3. The fraction of sp³-hybridized carbons (Fsp3) is 0.143. The number of fused-ring (bicyclic) bond motifs is 3. The molecule has 25 heavy (non-hydrogen) atoms. The third-order valence-electron chi connectivity index (χ3n) is 4.79. The molecule has 4 rings (SSSR count). The van der Waals surface area contributed by atoms with Crippen molar-refractivity contribution in [2.24, 2.45) is 0 Å². The molecule has 0 N–H and O–H groups in total. The highest BCUT2D eigenvalue weighted by atomic mass is 16.2. The van der Waals surface area contributed by atoms with Crippen LogP contribution in [0, 0.1) is 0 Å². The van der Waals surface area contributed by atoms with E-state index in [9.17, 15) is 9.59 Å². The van der Waals surface area contributed by atoms with Gasteiger partial charge in [-0.25, -0.2) is 0 Å². The van der Waals surface area contributed by atoms with Gasteiger partial charge in [0.25, 0.3) is 5.56 Å². The lowest BCUT2D eigenvalue weighted by Gasteiger charge is -2.27. The number of aromatic nitrogens is 1. The van der Waals surface area contributed by atoms with Crippen molar-refractivity contribution in [2.45, 2.75) is 12.6 Å². The van der Waals surface area contributed by atoms with Gasteiger partial charge in [-0.05, 0) is 28.3 Å². The number of nitrogens with zero attached hydrogens (tertiary/aromatic N) is 2. The predicted octanol–water partition coefficient (Wildman–Crippen LogP) is 3.08. The number of hydrogen-bond acceptors (Lipinski definition) is 2. The first-order valence-electron chi connectivity index (χ1n) is 8.26. The number of amides is 1. The molecule has 1 aliphatic rings. The molecule has 1 amide bonds. The number of likely N-dealkylation sites (N-methyl/N-ethyl adjacent to an activating group) is 1. The molecule has 4 nitrogen and oxygen atoms in total. The van der Waals surface area contributed by atoms with E-state index in [-0.39, 0.29) is 24.1 Å². The summed E-state index contributed by atoms with van der Waals surface area (Å²) in [6, 6.07) is 21.1. The minimum atomic E-state index is -0.170. The molecule has 0 fully saturated rings. The van der Waals surface area contributed by atoms with Crippen molar-refractivity contribution in [1.29, 1.82) is 0 Å². The van der Waals surface area contributed by atoms with Crippen molar-refractivity contribution >= 4 is 5.91 Å². The first-order chi connectivity index (χ1) is 12.2. The summed E-state index contributed by atoms with van der Waals surface area (Å²) in [5.74, 6) is -0.0928. The van der Waals surface area contributed by atoms with Gasteiger partial charge in [0.05, 0.1) is 6.04 Å². The summed E-state index contributed by atoms with van der Waals surface area (Å²) < 4.78 is 1.44. The molecule has 4 heteroatoms. The van der Waals surface area contributed by atoms with Crippen LogP contribution in [0.25, 0.3) is 11.1 Å². The van der Waals surface area contributed by atoms with Crippen LogP contribution >= 0.6 is 0 Å². The maximum atomic E-state index is 12.8. The highest BCUT2D eigenvalue weighted by molar-refractivity contribution is 5.83. The lowest BCUT2D eigenvalue weighted by Crippen LogP contribution is -2.36. The first-order valence-corrected chi connectivity index (χ1v) is 8.26. The predicted molar refractivity (Wildman–Crippen MR) is 97.2 cm³/mol.